The average Bonchev–Trinajstić information content (AvgIpc) is 2.45. The Morgan fingerprint density at radius 3 is 1.75 bits per heavy atom. The smallest absolute Gasteiger partial charge is 0.270 e. The third-order valence-electron chi connectivity index (χ3n) is 4.93. The van der Waals surface area contributed by atoms with Crippen molar-refractivity contribution in [2.24, 2.45) is 11.1 Å². The molecule has 2 atom stereocenters. The summed E-state index contributed by atoms with van der Waals surface area (Å²) in [6, 6.07) is 0. The quantitative estimate of drug-likeness (QED) is 0.244. The Morgan fingerprint density at radius 2 is 1.32 bits per heavy atom. The van der Waals surface area contributed by atoms with E-state index in [9.17, 15) is 29.8 Å². The van der Waals surface area contributed by atoms with Crippen molar-refractivity contribution in [2.75, 3.05) is 5.75 Å². The highest BCUT2D eigenvalue weighted by molar-refractivity contribution is 7.92. The van der Waals surface area contributed by atoms with Crippen molar-refractivity contribution < 1.29 is 34.4 Å². The molecule has 0 aliphatic heterocycles. The molecule has 0 fully saturated rings. The van der Waals surface area contributed by atoms with Gasteiger partial charge in [-0.1, -0.05) is 52.4 Å². The Labute approximate surface area is 170 Å². The van der Waals surface area contributed by atoms with Gasteiger partial charge < -0.3 is 0 Å². The van der Waals surface area contributed by atoms with Gasteiger partial charge in [0.25, 0.3) is 20.2 Å². The molecule has 9 nitrogen and oxygen atoms in total. The number of nitrogens with two attached hydrogens (primary N) is 1. The van der Waals surface area contributed by atoms with Crippen molar-refractivity contribution in [1.82, 2.24) is 0 Å². The summed E-state index contributed by atoms with van der Waals surface area (Å²) in [4.78, 5) is 0. The van der Waals surface area contributed by atoms with Gasteiger partial charge in [-0.05, 0) is 32.1 Å². The molecule has 2 unspecified atom stereocenters. The van der Waals surface area contributed by atoms with Crippen LogP contribution in [0.15, 0.2) is 0 Å². The van der Waals surface area contributed by atoms with Gasteiger partial charge in [0.15, 0.2) is 0 Å². The Balaban J connectivity index is 4.53. The molecule has 170 valence electrons. The van der Waals surface area contributed by atoms with E-state index in [4.69, 9.17) is 9.69 Å². The summed E-state index contributed by atoms with van der Waals surface area (Å²) in [6.07, 6.45) is 4.13. The van der Waals surface area contributed by atoms with Gasteiger partial charge in [-0.2, -0.15) is 16.8 Å². The SMILES string of the molecule is CC(C)CCCC(C)(CCCCCCC(CS(N)(=O)=O)S(=O)(=O)O)S(=O)(=O)O. The molecule has 0 heterocycles. The second-order valence-corrected chi connectivity index (χ2v) is 13.4. The normalized spacial score (nSPS) is 16.8. The monoisotopic (exact) mass is 465 g/mol. The van der Waals surface area contributed by atoms with E-state index in [0.717, 1.165) is 6.42 Å². The van der Waals surface area contributed by atoms with E-state index >= 15 is 0 Å². The molecule has 0 aromatic heterocycles. The second kappa shape index (κ2) is 11.2. The number of hydrogen-bond donors (Lipinski definition) is 3. The number of unbranched alkanes of at least 4 members (excludes halogenated alkanes) is 3. The third-order valence-corrected chi connectivity index (χ3v) is 8.91. The number of hydrogen-bond acceptors (Lipinski definition) is 6. The standard InChI is InChI=1S/C16H35NO8S3/c1-14(2)9-8-12-16(3,28(23,24)25)11-7-5-4-6-10-15(27(20,21)22)13-26(17,18)19/h14-15H,4-13H2,1-3H3,(H2,17,18,19)(H,20,21,22)(H,23,24,25). The van der Waals surface area contributed by atoms with Crippen LogP contribution in [0.2, 0.25) is 0 Å². The predicted molar refractivity (Wildman–Crippen MR) is 110 cm³/mol. The molecule has 0 bridgehead atoms. The lowest BCUT2D eigenvalue weighted by molar-refractivity contribution is 0.379. The van der Waals surface area contributed by atoms with Gasteiger partial charge in [0.2, 0.25) is 10.0 Å². The molecule has 0 saturated carbocycles. The van der Waals surface area contributed by atoms with Gasteiger partial charge in [0.05, 0.1) is 10.5 Å². The molecule has 0 aromatic carbocycles. The van der Waals surface area contributed by atoms with E-state index in [1.165, 1.54) is 6.92 Å². The van der Waals surface area contributed by atoms with Crippen LogP contribution in [0.4, 0.5) is 0 Å². The number of rotatable bonds is 15. The summed E-state index contributed by atoms with van der Waals surface area (Å²) in [5, 5.41) is 3.38. The van der Waals surface area contributed by atoms with Gasteiger partial charge in [-0.15, -0.1) is 0 Å². The van der Waals surface area contributed by atoms with Crippen LogP contribution in [0.25, 0.3) is 0 Å². The van der Waals surface area contributed by atoms with Gasteiger partial charge in [-0.25, -0.2) is 13.6 Å². The van der Waals surface area contributed by atoms with Crippen LogP contribution in [0.5, 0.6) is 0 Å². The molecular weight excluding hydrogens is 430 g/mol. The fourth-order valence-electron chi connectivity index (χ4n) is 3.07. The van der Waals surface area contributed by atoms with Crippen molar-refractivity contribution in [3.8, 4) is 0 Å². The van der Waals surface area contributed by atoms with Gasteiger partial charge in [0.1, 0.15) is 5.25 Å². The molecule has 0 saturated heterocycles. The Kier molecular flexibility index (Phi) is 11.1. The zero-order valence-corrected chi connectivity index (χ0v) is 19.3. The number of primary sulfonamides is 1. The molecule has 0 aliphatic rings. The van der Waals surface area contributed by atoms with Gasteiger partial charge >= 0.3 is 0 Å². The zero-order valence-electron chi connectivity index (χ0n) is 16.9. The molecule has 4 N–H and O–H groups in total. The van der Waals surface area contributed by atoms with Crippen LogP contribution in [0.1, 0.15) is 78.6 Å². The average molecular weight is 466 g/mol. The minimum atomic E-state index is -4.52. The van der Waals surface area contributed by atoms with Crippen molar-refractivity contribution in [1.29, 1.82) is 0 Å². The highest BCUT2D eigenvalue weighted by atomic mass is 32.2. The minimum Gasteiger partial charge on any atom is -0.285 e. The molecule has 0 spiro atoms. The van der Waals surface area contributed by atoms with E-state index in [2.05, 4.69) is 0 Å². The lowest BCUT2D eigenvalue weighted by atomic mass is 9.94. The maximum atomic E-state index is 11.8. The lowest BCUT2D eigenvalue weighted by Gasteiger charge is -2.26. The highest BCUT2D eigenvalue weighted by Crippen LogP contribution is 2.30. The van der Waals surface area contributed by atoms with Crippen LogP contribution in [-0.4, -0.2) is 50.1 Å². The van der Waals surface area contributed by atoms with Gasteiger partial charge in [-0.3, -0.25) is 9.11 Å². The summed E-state index contributed by atoms with van der Waals surface area (Å²) < 4.78 is 85.7. The molecular formula is C16H35NO8S3. The Bertz CT molecular complexity index is 775. The number of sulfonamides is 1. The van der Waals surface area contributed by atoms with Crippen LogP contribution >= 0.6 is 0 Å². The lowest BCUT2D eigenvalue weighted by Crippen LogP contribution is -2.35. The van der Waals surface area contributed by atoms with Crippen LogP contribution in [0.3, 0.4) is 0 Å². The maximum absolute atomic E-state index is 11.8. The molecule has 12 heteroatoms. The van der Waals surface area contributed by atoms with Crippen molar-refractivity contribution >= 4 is 30.3 Å². The first-order valence-electron chi connectivity index (χ1n) is 9.42. The Morgan fingerprint density at radius 1 is 0.821 bits per heavy atom. The molecule has 0 aliphatic carbocycles. The second-order valence-electron chi connectivity index (χ2n) is 8.13. The zero-order chi connectivity index (χ0) is 22.2. The topological polar surface area (TPSA) is 169 Å². The first-order chi connectivity index (χ1) is 12.5. The molecule has 0 rings (SSSR count). The first kappa shape index (κ1) is 27.7. The summed E-state index contributed by atoms with van der Waals surface area (Å²) in [5.41, 5.74) is 0. The largest absolute Gasteiger partial charge is 0.285 e. The molecule has 0 radical (unpaired) electrons. The van der Waals surface area contributed by atoms with Crippen molar-refractivity contribution in [3.05, 3.63) is 0 Å². The minimum absolute atomic E-state index is 0.0563. The molecule has 0 aromatic rings. The predicted octanol–water partition coefficient (Wildman–Crippen LogP) is 2.34. The van der Waals surface area contributed by atoms with Crippen molar-refractivity contribution in [3.63, 3.8) is 0 Å². The van der Waals surface area contributed by atoms with E-state index in [0.29, 0.717) is 44.4 Å². The van der Waals surface area contributed by atoms with Crippen LogP contribution in [0, 0.1) is 5.92 Å². The van der Waals surface area contributed by atoms with Crippen molar-refractivity contribution in [2.45, 2.75) is 88.6 Å². The van der Waals surface area contributed by atoms with E-state index in [-0.39, 0.29) is 12.8 Å². The van der Waals surface area contributed by atoms with E-state index in [1.807, 2.05) is 13.8 Å². The Hall–Kier alpha value is -0.270. The highest BCUT2D eigenvalue weighted by Gasteiger charge is 2.36. The van der Waals surface area contributed by atoms with Gasteiger partial charge in [0, 0.05) is 0 Å². The third kappa shape index (κ3) is 11.7. The molecule has 28 heavy (non-hydrogen) atoms. The first-order valence-corrected chi connectivity index (χ1v) is 14.1. The fraction of sp³-hybridized carbons (Fsp3) is 1.00. The van der Waals surface area contributed by atoms with Crippen LogP contribution < -0.4 is 5.14 Å². The van der Waals surface area contributed by atoms with E-state index in [1.54, 1.807) is 0 Å². The summed E-state index contributed by atoms with van der Waals surface area (Å²) >= 11 is 0. The van der Waals surface area contributed by atoms with E-state index < -0.39 is 46.0 Å². The summed E-state index contributed by atoms with van der Waals surface area (Å²) in [5.74, 6) is -0.401. The summed E-state index contributed by atoms with van der Waals surface area (Å²) in [7, 11) is -12.8. The summed E-state index contributed by atoms with van der Waals surface area (Å²) in [6.45, 7) is 5.62. The fourth-order valence-corrected chi connectivity index (χ4v) is 6.28. The maximum Gasteiger partial charge on any atom is 0.270 e. The molecule has 0 amide bonds. The van der Waals surface area contributed by atoms with Crippen LogP contribution in [-0.2, 0) is 30.3 Å².